The molecule has 3 nitrogen and oxygen atoms in total. The van der Waals surface area contributed by atoms with E-state index in [1.807, 2.05) is 0 Å². The fourth-order valence-electron chi connectivity index (χ4n) is 4.13. The van der Waals surface area contributed by atoms with Crippen LogP contribution in [0.4, 0.5) is 0 Å². The van der Waals surface area contributed by atoms with Crippen LogP contribution in [0.25, 0.3) is 0 Å². The number of nitrogens with zero attached hydrogens (tertiary/aromatic N) is 3. The fourth-order valence-corrected chi connectivity index (χ4v) is 4.23. The summed E-state index contributed by atoms with van der Waals surface area (Å²) in [6.45, 7) is 4.75. The van der Waals surface area contributed by atoms with Crippen molar-refractivity contribution < 1.29 is 4.48 Å². The minimum atomic E-state index is 1.11. The van der Waals surface area contributed by atoms with E-state index in [9.17, 15) is 0 Å². The Morgan fingerprint density at radius 2 is 1.25 bits per heavy atom. The minimum Gasteiger partial charge on any atom is -0.325 e. The van der Waals surface area contributed by atoms with Crippen molar-refractivity contribution in [2.75, 3.05) is 20.6 Å². The molecule has 1 aromatic heterocycles. The van der Waals surface area contributed by atoms with Crippen molar-refractivity contribution >= 4 is 11.8 Å². The molecule has 0 aliphatic heterocycles. The van der Waals surface area contributed by atoms with Crippen molar-refractivity contribution in [3.05, 3.63) is 54.6 Å². The highest BCUT2D eigenvalue weighted by Crippen LogP contribution is 2.15. The number of hydrogen-bond donors (Lipinski definition) is 0. The second kappa shape index (κ2) is 19.2. The molecule has 0 fully saturated rings. The lowest BCUT2D eigenvalue weighted by Gasteiger charge is -2.30. The van der Waals surface area contributed by atoms with E-state index < -0.39 is 0 Å². The quantitative estimate of drug-likeness (QED) is 0.170. The van der Waals surface area contributed by atoms with Gasteiger partial charge in [0.25, 0.3) is 0 Å². The molecule has 32 heavy (non-hydrogen) atoms. The first kappa shape index (κ1) is 28.7. The molecule has 1 heterocycles. The molecule has 0 amide bonds. The van der Waals surface area contributed by atoms with Gasteiger partial charge >= 0.3 is 0 Å². The number of imidazole rings is 1. The van der Waals surface area contributed by atoms with Crippen molar-refractivity contribution in [3.8, 4) is 0 Å². The van der Waals surface area contributed by atoms with E-state index in [-0.39, 0.29) is 0 Å². The first-order valence-corrected chi connectivity index (χ1v) is 13.4. The lowest BCUT2D eigenvalue weighted by atomic mass is 10.0. The molecule has 0 saturated carbocycles. The van der Waals surface area contributed by atoms with E-state index in [2.05, 4.69) is 56.3 Å². The zero-order valence-electron chi connectivity index (χ0n) is 21.2. The summed E-state index contributed by atoms with van der Waals surface area (Å²) in [6.07, 6.45) is 25.0. The standard InChI is InChI=1S/C25H46N.C3H3ClN2/c1-4-5-6-7-8-9-10-11-12-13-14-15-16-20-23-26(2,3)24-25-21-18-17-19-22-25;4-6-2-1-5-3-6/h17-19,21-22H,4-16,20,23-24H2,1-3H3;1-3H/q+1;. The van der Waals surface area contributed by atoms with E-state index in [4.69, 9.17) is 11.8 Å². The molecule has 0 bridgehead atoms. The third-order valence-corrected chi connectivity index (χ3v) is 6.24. The van der Waals surface area contributed by atoms with Crippen molar-refractivity contribution in [1.29, 1.82) is 0 Å². The van der Waals surface area contributed by atoms with Gasteiger partial charge in [-0.15, -0.1) is 0 Å². The summed E-state index contributed by atoms with van der Waals surface area (Å²) < 4.78 is 2.47. The highest BCUT2D eigenvalue weighted by atomic mass is 35.5. The summed E-state index contributed by atoms with van der Waals surface area (Å²) in [5.41, 5.74) is 1.46. The van der Waals surface area contributed by atoms with Gasteiger partial charge in [0.1, 0.15) is 12.9 Å². The lowest BCUT2D eigenvalue weighted by molar-refractivity contribution is -0.903. The topological polar surface area (TPSA) is 17.8 Å². The first-order valence-electron chi connectivity index (χ1n) is 13.0. The van der Waals surface area contributed by atoms with Crippen molar-refractivity contribution in [1.82, 2.24) is 9.07 Å². The van der Waals surface area contributed by atoms with Crippen LogP contribution in [0.5, 0.6) is 0 Å². The maximum Gasteiger partial charge on any atom is 0.110 e. The van der Waals surface area contributed by atoms with Crippen LogP contribution in [0.15, 0.2) is 49.1 Å². The van der Waals surface area contributed by atoms with Crippen LogP contribution in [0.2, 0.25) is 0 Å². The molecule has 0 aliphatic rings. The van der Waals surface area contributed by atoms with Gasteiger partial charge in [0.2, 0.25) is 0 Å². The Morgan fingerprint density at radius 3 is 1.66 bits per heavy atom. The van der Waals surface area contributed by atoms with Crippen LogP contribution in [-0.2, 0) is 6.54 Å². The van der Waals surface area contributed by atoms with Crippen molar-refractivity contribution in [2.45, 2.75) is 103 Å². The average Bonchev–Trinajstić information content (AvgIpc) is 3.26. The van der Waals surface area contributed by atoms with Crippen molar-refractivity contribution in [2.24, 2.45) is 0 Å². The summed E-state index contributed by atoms with van der Waals surface area (Å²) in [7, 11) is 4.74. The number of benzene rings is 1. The van der Waals surface area contributed by atoms with Gasteiger partial charge in [-0.1, -0.05) is 114 Å². The molecule has 2 aromatic rings. The third kappa shape index (κ3) is 17.3. The van der Waals surface area contributed by atoms with Crippen molar-refractivity contribution in [3.63, 3.8) is 0 Å². The van der Waals surface area contributed by atoms with Gasteiger partial charge in [-0.25, -0.2) is 9.07 Å². The second-order valence-corrected chi connectivity index (χ2v) is 10.2. The van der Waals surface area contributed by atoms with Gasteiger partial charge in [-0.05, 0) is 12.8 Å². The number of aromatic nitrogens is 2. The van der Waals surface area contributed by atoms with Crippen LogP contribution >= 0.6 is 11.8 Å². The Balaban J connectivity index is 0.000000730. The maximum absolute atomic E-state index is 5.31. The molecule has 0 aliphatic carbocycles. The molecule has 182 valence electrons. The number of halogens is 1. The molecule has 0 radical (unpaired) electrons. The van der Waals surface area contributed by atoms with Crippen LogP contribution < -0.4 is 0 Å². The molecule has 0 saturated heterocycles. The second-order valence-electron chi connectivity index (χ2n) is 9.81. The van der Waals surface area contributed by atoms with Gasteiger partial charge in [-0.3, -0.25) is 0 Å². The zero-order valence-corrected chi connectivity index (χ0v) is 21.9. The lowest BCUT2D eigenvalue weighted by Crippen LogP contribution is -2.39. The van der Waals surface area contributed by atoms with Crippen LogP contribution in [0.3, 0.4) is 0 Å². The smallest absolute Gasteiger partial charge is 0.110 e. The van der Waals surface area contributed by atoms with Gasteiger partial charge in [-0.2, -0.15) is 0 Å². The molecule has 2 rings (SSSR count). The van der Waals surface area contributed by atoms with E-state index in [0.717, 1.165) is 11.0 Å². The highest BCUT2D eigenvalue weighted by molar-refractivity contribution is 6.15. The Labute approximate surface area is 203 Å². The molecular formula is C28H49ClN3+. The summed E-state index contributed by atoms with van der Waals surface area (Å²) >= 11 is 5.31. The van der Waals surface area contributed by atoms with E-state index in [1.165, 1.54) is 112 Å². The zero-order chi connectivity index (χ0) is 23.3. The third-order valence-electron chi connectivity index (χ3n) is 6.04. The molecule has 0 atom stereocenters. The maximum atomic E-state index is 5.31. The molecule has 1 aromatic carbocycles. The van der Waals surface area contributed by atoms with Gasteiger partial charge in [0.15, 0.2) is 0 Å². The molecule has 4 heteroatoms. The normalized spacial score (nSPS) is 11.2. The number of unbranched alkanes of at least 4 members (excludes halogenated alkanes) is 13. The van der Waals surface area contributed by atoms with Gasteiger partial charge in [0.05, 0.1) is 20.6 Å². The summed E-state index contributed by atoms with van der Waals surface area (Å²) in [5, 5.41) is 0. The Morgan fingerprint density at radius 1 is 0.750 bits per heavy atom. The summed E-state index contributed by atoms with van der Waals surface area (Å²) in [6, 6.07) is 10.9. The van der Waals surface area contributed by atoms with E-state index in [0.29, 0.717) is 0 Å². The minimum absolute atomic E-state index is 1.11. The molecule has 0 unspecified atom stereocenters. The van der Waals surface area contributed by atoms with Crippen LogP contribution in [0.1, 0.15) is 102 Å². The van der Waals surface area contributed by atoms with E-state index >= 15 is 0 Å². The Bertz CT molecular complexity index is 625. The predicted molar refractivity (Wildman–Crippen MR) is 141 cm³/mol. The van der Waals surface area contributed by atoms with Crippen LogP contribution in [-0.4, -0.2) is 34.2 Å². The summed E-state index contributed by atoms with van der Waals surface area (Å²) in [5.74, 6) is 0. The SMILES string of the molecule is CCCCCCCCCCCCCCCC[N+](C)(C)Cc1ccccc1.Cln1ccnc1. The van der Waals surface area contributed by atoms with Gasteiger partial charge < -0.3 is 4.48 Å². The highest BCUT2D eigenvalue weighted by Gasteiger charge is 2.14. The molecule has 0 spiro atoms. The average molecular weight is 463 g/mol. The van der Waals surface area contributed by atoms with E-state index in [1.54, 1.807) is 12.4 Å². The fraction of sp³-hybridized carbons (Fsp3) is 0.679. The number of hydrogen-bond acceptors (Lipinski definition) is 1. The molecule has 0 N–H and O–H groups in total. The van der Waals surface area contributed by atoms with Crippen LogP contribution in [0, 0.1) is 0 Å². The first-order chi connectivity index (χ1) is 15.5. The van der Waals surface area contributed by atoms with Gasteiger partial charge in [0, 0.05) is 29.7 Å². The number of rotatable bonds is 17. The monoisotopic (exact) mass is 462 g/mol. The Hall–Kier alpha value is -1.32. The Kier molecular flexibility index (Phi) is 17.2. The molecular weight excluding hydrogens is 414 g/mol. The number of quaternary nitrogens is 1. The predicted octanol–water partition coefficient (Wildman–Crippen LogP) is 8.63. The summed E-state index contributed by atoms with van der Waals surface area (Å²) in [4.78, 5) is 3.65. The largest absolute Gasteiger partial charge is 0.325 e.